The largest absolute Gasteiger partial charge is 0.383 e. The van der Waals surface area contributed by atoms with E-state index >= 15 is 0 Å². The van der Waals surface area contributed by atoms with Crippen LogP contribution in [0.1, 0.15) is 23.3 Å². The summed E-state index contributed by atoms with van der Waals surface area (Å²) >= 11 is 0. The average molecular weight is 333 g/mol. The topological polar surface area (TPSA) is 63.1 Å². The fraction of sp³-hybridized carbons (Fsp3) is 0.471. The monoisotopic (exact) mass is 333 g/mol. The number of nitrogens with zero attached hydrogens (tertiary/aromatic N) is 2. The first-order chi connectivity index (χ1) is 11.7. The number of hydrazine groups is 1. The minimum atomic E-state index is -0.212. The lowest BCUT2D eigenvalue weighted by Crippen LogP contribution is -2.34. The fourth-order valence-corrected chi connectivity index (χ4v) is 3.19. The van der Waals surface area contributed by atoms with Gasteiger partial charge in [-0.25, -0.2) is 9.82 Å². The average Bonchev–Trinajstić information content (AvgIpc) is 3.21. The molecule has 1 aromatic heterocycles. The lowest BCUT2D eigenvalue weighted by Gasteiger charge is -2.23. The molecule has 24 heavy (non-hydrogen) atoms. The summed E-state index contributed by atoms with van der Waals surface area (Å²) in [4.78, 5) is 0. The predicted molar refractivity (Wildman–Crippen MR) is 89.6 cm³/mol. The van der Waals surface area contributed by atoms with E-state index in [-0.39, 0.29) is 17.9 Å². The zero-order chi connectivity index (χ0) is 16.9. The van der Waals surface area contributed by atoms with E-state index in [9.17, 15) is 4.39 Å². The van der Waals surface area contributed by atoms with E-state index in [1.54, 1.807) is 13.3 Å². The van der Waals surface area contributed by atoms with Gasteiger partial charge in [0.2, 0.25) is 0 Å². The van der Waals surface area contributed by atoms with Crippen LogP contribution < -0.4 is 16.2 Å². The van der Waals surface area contributed by atoms with Gasteiger partial charge in [-0.15, -0.1) is 0 Å². The van der Waals surface area contributed by atoms with E-state index in [0.717, 1.165) is 24.3 Å². The molecular weight excluding hydrogens is 309 g/mol. The normalized spacial score (nSPS) is 22.0. The number of aromatic nitrogens is 2. The zero-order valence-corrected chi connectivity index (χ0v) is 14.0. The first-order valence-corrected chi connectivity index (χ1v) is 8.13. The Bertz CT molecular complexity index is 645. The maximum absolute atomic E-state index is 13.1. The predicted octanol–water partition coefficient (Wildman–Crippen LogP) is 1.30. The number of hydrogen-bond donors (Lipinski definition) is 3. The standard InChI is InChI=1S/C17H24FN5O/c1-23-16(7-8-21-23)15(11-24-2)19-9-13-10-20-22-17(13)12-3-5-14(18)6-4-12/h3-8,13,15,17,19-20,22H,9-11H2,1-2H3. The first kappa shape index (κ1) is 17.0. The van der Waals surface area contributed by atoms with Gasteiger partial charge >= 0.3 is 0 Å². The molecule has 3 N–H and O–H groups in total. The summed E-state index contributed by atoms with van der Waals surface area (Å²) in [5.41, 5.74) is 8.66. The van der Waals surface area contributed by atoms with Crippen molar-refractivity contribution in [1.29, 1.82) is 0 Å². The molecule has 2 heterocycles. The van der Waals surface area contributed by atoms with Crippen molar-refractivity contribution in [3.63, 3.8) is 0 Å². The van der Waals surface area contributed by atoms with E-state index in [1.165, 1.54) is 12.1 Å². The minimum Gasteiger partial charge on any atom is -0.383 e. The van der Waals surface area contributed by atoms with Gasteiger partial charge in [0.15, 0.2) is 0 Å². The third-order valence-corrected chi connectivity index (χ3v) is 4.50. The molecule has 0 saturated carbocycles. The summed E-state index contributed by atoms with van der Waals surface area (Å²) in [6, 6.07) is 8.90. The number of halogens is 1. The van der Waals surface area contributed by atoms with Crippen LogP contribution in [-0.4, -0.2) is 36.6 Å². The molecule has 1 fully saturated rings. The Kier molecular flexibility index (Phi) is 5.57. The van der Waals surface area contributed by atoms with Gasteiger partial charge in [0.25, 0.3) is 0 Å². The Hall–Kier alpha value is -1.80. The molecule has 1 saturated heterocycles. The molecule has 0 radical (unpaired) electrons. The minimum absolute atomic E-state index is 0.0805. The van der Waals surface area contributed by atoms with Gasteiger partial charge in [0, 0.05) is 39.4 Å². The number of benzene rings is 1. The van der Waals surface area contributed by atoms with Crippen molar-refractivity contribution in [3.8, 4) is 0 Å². The first-order valence-electron chi connectivity index (χ1n) is 8.13. The van der Waals surface area contributed by atoms with Crippen molar-refractivity contribution in [3.05, 3.63) is 53.6 Å². The Morgan fingerprint density at radius 2 is 2.17 bits per heavy atom. The van der Waals surface area contributed by atoms with Crippen LogP contribution >= 0.6 is 0 Å². The Labute approximate surface area is 141 Å². The molecule has 0 amide bonds. The van der Waals surface area contributed by atoms with Gasteiger partial charge in [0.05, 0.1) is 24.4 Å². The molecule has 2 aromatic rings. The lowest BCUT2D eigenvalue weighted by atomic mass is 9.94. The van der Waals surface area contributed by atoms with Crippen molar-refractivity contribution < 1.29 is 9.13 Å². The highest BCUT2D eigenvalue weighted by atomic mass is 19.1. The molecular formula is C17H24FN5O. The summed E-state index contributed by atoms with van der Waals surface area (Å²) in [5.74, 6) is 0.138. The molecule has 6 nitrogen and oxygen atoms in total. The van der Waals surface area contributed by atoms with Gasteiger partial charge in [-0.1, -0.05) is 12.1 Å². The smallest absolute Gasteiger partial charge is 0.123 e. The van der Waals surface area contributed by atoms with Crippen molar-refractivity contribution in [2.24, 2.45) is 13.0 Å². The molecule has 1 aliphatic rings. The molecule has 7 heteroatoms. The third-order valence-electron chi connectivity index (χ3n) is 4.50. The summed E-state index contributed by atoms with van der Waals surface area (Å²) in [6.07, 6.45) is 1.79. The van der Waals surface area contributed by atoms with Crippen LogP contribution in [0.5, 0.6) is 0 Å². The van der Waals surface area contributed by atoms with Crippen molar-refractivity contribution in [2.75, 3.05) is 26.8 Å². The highest BCUT2D eigenvalue weighted by Crippen LogP contribution is 2.25. The van der Waals surface area contributed by atoms with Crippen molar-refractivity contribution in [1.82, 2.24) is 25.9 Å². The second-order valence-electron chi connectivity index (χ2n) is 6.11. The molecule has 3 rings (SSSR count). The Balaban J connectivity index is 1.65. The molecule has 1 aromatic carbocycles. The van der Waals surface area contributed by atoms with Gasteiger partial charge in [-0.2, -0.15) is 5.10 Å². The van der Waals surface area contributed by atoms with Gasteiger partial charge < -0.3 is 10.1 Å². The van der Waals surface area contributed by atoms with Crippen molar-refractivity contribution >= 4 is 0 Å². The zero-order valence-electron chi connectivity index (χ0n) is 14.0. The molecule has 130 valence electrons. The number of ether oxygens (including phenoxy) is 1. The Morgan fingerprint density at radius 1 is 1.38 bits per heavy atom. The number of methoxy groups -OCH3 is 1. The van der Waals surface area contributed by atoms with Gasteiger partial charge in [-0.3, -0.25) is 10.1 Å². The quantitative estimate of drug-likeness (QED) is 0.713. The summed E-state index contributed by atoms with van der Waals surface area (Å²) in [6.45, 7) is 2.23. The maximum Gasteiger partial charge on any atom is 0.123 e. The molecule has 3 atom stereocenters. The third kappa shape index (κ3) is 3.81. The van der Waals surface area contributed by atoms with Crippen molar-refractivity contribution in [2.45, 2.75) is 12.1 Å². The molecule has 3 unspecified atom stereocenters. The summed E-state index contributed by atoms with van der Waals surface area (Å²) in [7, 11) is 3.63. The van der Waals surface area contributed by atoms with Crippen LogP contribution in [-0.2, 0) is 11.8 Å². The highest BCUT2D eigenvalue weighted by Gasteiger charge is 2.29. The second kappa shape index (κ2) is 7.85. The number of nitrogens with one attached hydrogen (secondary N) is 3. The molecule has 0 spiro atoms. The maximum atomic E-state index is 13.1. The van der Waals surface area contributed by atoms with E-state index in [4.69, 9.17) is 4.74 Å². The summed E-state index contributed by atoms with van der Waals surface area (Å²) < 4.78 is 20.3. The van der Waals surface area contributed by atoms with E-state index < -0.39 is 0 Å². The van der Waals surface area contributed by atoms with E-state index in [0.29, 0.717) is 12.5 Å². The molecule has 0 bridgehead atoms. The van der Waals surface area contributed by atoms with E-state index in [1.807, 2.05) is 29.9 Å². The number of rotatable bonds is 7. The number of aryl methyl sites for hydroxylation is 1. The van der Waals surface area contributed by atoms with E-state index in [2.05, 4.69) is 21.3 Å². The van der Waals surface area contributed by atoms with Crippen LogP contribution in [0.2, 0.25) is 0 Å². The van der Waals surface area contributed by atoms with Gasteiger partial charge in [0.1, 0.15) is 5.82 Å². The highest BCUT2D eigenvalue weighted by molar-refractivity contribution is 5.21. The van der Waals surface area contributed by atoms with Crippen LogP contribution in [0.15, 0.2) is 36.5 Å². The Morgan fingerprint density at radius 3 is 2.83 bits per heavy atom. The summed E-state index contributed by atoms with van der Waals surface area (Å²) in [5, 5.41) is 7.81. The van der Waals surface area contributed by atoms with Crippen LogP contribution in [0.4, 0.5) is 4.39 Å². The van der Waals surface area contributed by atoms with Crippen LogP contribution in [0.25, 0.3) is 0 Å². The van der Waals surface area contributed by atoms with Crippen LogP contribution in [0, 0.1) is 11.7 Å². The second-order valence-corrected chi connectivity index (χ2v) is 6.11. The fourth-order valence-electron chi connectivity index (χ4n) is 3.19. The van der Waals surface area contributed by atoms with Gasteiger partial charge in [-0.05, 0) is 23.8 Å². The SMILES string of the molecule is COCC(NCC1CNNC1c1ccc(F)cc1)c1ccnn1C. The molecule has 1 aliphatic heterocycles. The number of hydrogen-bond acceptors (Lipinski definition) is 5. The lowest BCUT2D eigenvalue weighted by molar-refractivity contribution is 0.161. The van der Waals surface area contributed by atoms with Crippen LogP contribution in [0.3, 0.4) is 0 Å². The molecule has 0 aliphatic carbocycles.